The number of nitrogens with zero attached hydrogens (tertiary/aromatic N) is 1. The molecule has 1 saturated heterocycles. The second-order valence-corrected chi connectivity index (χ2v) is 10.8. The Morgan fingerprint density at radius 1 is 1.18 bits per heavy atom. The van der Waals surface area contributed by atoms with Crippen molar-refractivity contribution in [1.82, 2.24) is 10.3 Å². The minimum atomic E-state index is -0.473. The van der Waals surface area contributed by atoms with E-state index in [1.165, 1.54) is 11.3 Å². The third-order valence-electron chi connectivity index (χ3n) is 4.42. The van der Waals surface area contributed by atoms with E-state index in [0.717, 1.165) is 26.7 Å². The SMILES string of the molecule is O=C(COc1ccc(Br)cc1/C=C1\SC(=O)NC1=O)Nc1ncc(Cc2ccc(Cl)c(Cl)c2)s1. The number of aromatic nitrogens is 1. The molecule has 0 atom stereocenters. The molecular formula is C22H14BrCl2N3O4S2. The van der Waals surface area contributed by atoms with Crippen LogP contribution in [0.2, 0.25) is 10.0 Å². The van der Waals surface area contributed by atoms with Crippen LogP contribution in [0.3, 0.4) is 0 Å². The smallest absolute Gasteiger partial charge is 0.290 e. The van der Waals surface area contributed by atoms with E-state index >= 15 is 0 Å². The predicted octanol–water partition coefficient (Wildman–Crippen LogP) is 6.14. The van der Waals surface area contributed by atoms with Crippen molar-refractivity contribution in [3.63, 3.8) is 0 Å². The molecule has 0 bridgehead atoms. The number of benzene rings is 2. The van der Waals surface area contributed by atoms with Gasteiger partial charge in [-0.3, -0.25) is 25.0 Å². The molecule has 12 heteroatoms. The third-order valence-corrected chi connectivity index (χ3v) is 7.38. The maximum atomic E-state index is 12.4. The normalized spacial score (nSPS) is 14.4. The Balaban J connectivity index is 1.37. The molecule has 0 spiro atoms. The van der Waals surface area contributed by atoms with Gasteiger partial charge in [0.2, 0.25) is 0 Å². The van der Waals surface area contributed by atoms with Gasteiger partial charge in [0.15, 0.2) is 11.7 Å². The van der Waals surface area contributed by atoms with Crippen LogP contribution < -0.4 is 15.4 Å². The summed E-state index contributed by atoms with van der Waals surface area (Å²) in [4.78, 5) is 41.1. The molecule has 1 aliphatic heterocycles. The number of hydrogen-bond acceptors (Lipinski definition) is 7. The molecule has 2 N–H and O–H groups in total. The van der Waals surface area contributed by atoms with E-state index in [9.17, 15) is 14.4 Å². The van der Waals surface area contributed by atoms with Crippen molar-refractivity contribution in [2.45, 2.75) is 6.42 Å². The van der Waals surface area contributed by atoms with Gasteiger partial charge < -0.3 is 4.74 Å². The zero-order valence-corrected chi connectivity index (χ0v) is 21.8. The summed E-state index contributed by atoms with van der Waals surface area (Å²) in [6.45, 7) is -0.266. The molecule has 3 amide bonds. The molecule has 4 rings (SSSR count). The second-order valence-electron chi connectivity index (χ2n) is 6.93. The maximum Gasteiger partial charge on any atom is 0.290 e. The van der Waals surface area contributed by atoms with Gasteiger partial charge in [0.05, 0.1) is 15.0 Å². The fraction of sp³-hybridized carbons (Fsp3) is 0.0909. The van der Waals surface area contributed by atoms with Gasteiger partial charge in [-0.25, -0.2) is 4.98 Å². The lowest BCUT2D eigenvalue weighted by molar-refractivity contribution is -0.118. The lowest BCUT2D eigenvalue weighted by atomic mass is 10.1. The number of thiazole rings is 1. The molecule has 0 radical (unpaired) electrons. The molecule has 34 heavy (non-hydrogen) atoms. The Kier molecular flexibility index (Phi) is 7.95. The molecule has 1 aliphatic rings. The second kappa shape index (κ2) is 10.9. The van der Waals surface area contributed by atoms with E-state index in [2.05, 4.69) is 31.5 Å². The highest BCUT2D eigenvalue weighted by molar-refractivity contribution is 9.10. The number of amides is 3. The fourth-order valence-electron chi connectivity index (χ4n) is 2.92. The summed E-state index contributed by atoms with van der Waals surface area (Å²) < 4.78 is 6.42. The molecule has 2 heterocycles. The number of carbonyl (C=O) groups is 3. The summed E-state index contributed by atoms with van der Waals surface area (Å²) in [5.74, 6) is -0.475. The lowest BCUT2D eigenvalue weighted by Gasteiger charge is -2.10. The van der Waals surface area contributed by atoms with Gasteiger partial charge in [-0.1, -0.05) is 45.2 Å². The van der Waals surface area contributed by atoms with Gasteiger partial charge in [0.1, 0.15) is 5.75 Å². The van der Waals surface area contributed by atoms with E-state index in [1.54, 1.807) is 42.6 Å². The van der Waals surface area contributed by atoms with E-state index in [1.807, 2.05) is 6.07 Å². The first-order valence-electron chi connectivity index (χ1n) is 9.62. The molecule has 0 saturated carbocycles. The zero-order chi connectivity index (χ0) is 24.2. The topological polar surface area (TPSA) is 97.4 Å². The van der Waals surface area contributed by atoms with Crippen molar-refractivity contribution in [2.24, 2.45) is 0 Å². The van der Waals surface area contributed by atoms with Crippen LogP contribution in [-0.4, -0.2) is 28.6 Å². The van der Waals surface area contributed by atoms with Crippen LogP contribution >= 0.6 is 62.2 Å². The van der Waals surface area contributed by atoms with E-state index in [-0.39, 0.29) is 17.4 Å². The van der Waals surface area contributed by atoms with Crippen molar-refractivity contribution < 1.29 is 19.1 Å². The number of thioether (sulfide) groups is 1. The molecule has 0 aliphatic carbocycles. The Labute approximate surface area is 221 Å². The first-order chi connectivity index (χ1) is 16.3. The molecule has 174 valence electrons. The Bertz CT molecular complexity index is 1330. The largest absolute Gasteiger partial charge is 0.483 e. The number of rotatable bonds is 7. The summed E-state index contributed by atoms with van der Waals surface area (Å²) in [6.07, 6.45) is 3.83. The number of nitrogens with one attached hydrogen (secondary N) is 2. The number of hydrogen-bond donors (Lipinski definition) is 2. The van der Waals surface area contributed by atoms with E-state index in [0.29, 0.717) is 32.9 Å². The lowest BCUT2D eigenvalue weighted by Crippen LogP contribution is -2.20. The standard InChI is InChI=1S/C22H14BrCl2N3O4S2/c23-13-2-4-17(12(7-13)8-18-20(30)28-22(31)34-18)32-10-19(29)27-21-26-9-14(33-21)5-11-1-3-15(24)16(25)6-11/h1-4,6-9H,5,10H2,(H,26,27,29)(H,28,30,31)/b18-8-. The minimum Gasteiger partial charge on any atom is -0.483 e. The summed E-state index contributed by atoms with van der Waals surface area (Å²) >= 11 is 17.5. The van der Waals surface area contributed by atoms with Crippen molar-refractivity contribution in [2.75, 3.05) is 11.9 Å². The van der Waals surface area contributed by atoms with Crippen LogP contribution in [-0.2, 0) is 16.0 Å². The van der Waals surface area contributed by atoms with Crippen molar-refractivity contribution in [1.29, 1.82) is 0 Å². The number of halogens is 3. The van der Waals surface area contributed by atoms with Gasteiger partial charge >= 0.3 is 0 Å². The van der Waals surface area contributed by atoms with Gasteiger partial charge in [0.25, 0.3) is 17.1 Å². The van der Waals surface area contributed by atoms with Gasteiger partial charge in [-0.05, 0) is 53.7 Å². The van der Waals surface area contributed by atoms with Crippen LogP contribution in [0.1, 0.15) is 16.0 Å². The van der Waals surface area contributed by atoms with Crippen LogP contribution in [0, 0.1) is 0 Å². The van der Waals surface area contributed by atoms with Crippen molar-refractivity contribution in [3.05, 3.63) is 78.0 Å². The monoisotopic (exact) mass is 597 g/mol. The van der Waals surface area contributed by atoms with Crippen molar-refractivity contribution in [3.8, 4) is 5.75 Å². The van der Waals surface area contributed by atoms with Gasteiger partial charge in [-0.2, -0.15) is 0 Å². The highest BCUT2D eigenvalue weighted by Gasteiger charge is 2.25. The Hall–Kier alpha value is -2.37. The Morgan fingerprint density at radius 2 is 2.00 bits per heavy atom. The average Bonchev–Trinajstić information content (AvgIpc) is 3.35. The highest BCUT2D eigenvalue weighted by Crippen LogP contribution is 2.31. The Morgan fingerprint density at radius 3 is 2.74 bits per heavy atom. The molecule has 7 nitrogen and oxygen atoms in total. The van der Waals surface area contributed by atoms with Crippen LogP contribution in [0.4, 0.5) is 9.93 Å². The third kappa shape index (κ3) is 6.39. The molecule has 2 aromatic carbocycles. The summed E-state index contributed by atoms with van der Waals surface area (Å²) in [7, 11) is 0. The molecule has 3 aromatic rings. The summed E-state index contributed by atoms with van der Waals surface area (Å²) in [6, 6.07) is 10.6. The fourth-order valence-corrected chi connectivity index (χ4v) is 5.16. The molecule has 1 aromatic heterocycles. The first-order valence-corrected chi connectivity index (χ1v) is 12.8. The number of imide groups is 1. The highest BCUT2D eigenvalue weighted by atomic mass is 79.9. The summed E-state index contributed by atoms with van der Waals surface area (Å²) in [5.41, 5.74) is 1.53. The quantitative estimate of drug-likeness (QED) is 0.317. The minimum absolute atomic E-state index is 0.245. The van der Waals surface area contributed by atoms with Gasteiger partial charge in [-0.15, -0.1) is 11.3 Å². The van der Waals surface area contributed by atoms with E-state index < -0.39 is 11.1 Å². The van der Waals surface area contributed by atoms with E-state index in [4.69, 9.17) is 27.9 Å². The number of ether oxygens (including phenoxy) is 1. The summed E-state index contributed by atoms with van der Waals surface area (Å²) in [5, 5.41) is 5.90. The van der Waals surface area contributed by atoms with Crippen LogP contribution in [0.25, 0.3) is 6.08 Å². The predicted molar refractivity (Wildman–Crippen MR) is 139 cm³/mol. The average molecular weight is 599 g/mol. The molecular weight excluding hydrogens is 585 g/mol. The zero-order valence-electron chi connectivity index (χ0n) is 17.1. The maximum absolute atomic E-state index is 12.4. The first kappa shape index (κ1) is 24.7. The number of carbonyl (C=O) groups excluding carboxylic acids is 3. The van der Waals surface area contributed by atoms with Crippen LogP contribution in [0.5, 0.6) is 5.75 Å². The number of anilines is 1. The van der Waals surface area contributed by atoms with Crippen molar-refractivity contribution >= 4 is 90.5 Å². The molecule has 0 unspecified atom stereocenters. The molecule has 1 fully saturated rings. The van der Waals surface area contributed by atoms with Gasteiger partial charge in [0, 0.05) is 27.5 Å². The van der Waals surface area contributed by atoms with Crippen LogP contribution in [0.15, 0.2) is 52.0 Å².